The van der Waals surface area contributed by atoms with E-state index < -0.39 is 5.97 Å². The lowest BCUT2D eigenvalue weighted by Gasteiger charge is -2.23. The number of nitrogens with one attached hydrogen (secondary N) is 1. The fourth-order valence-corrected chi connectivity index (χ4v) is 4.74. The molecule has 4 rings (SSSR count). The minimum Gasteiger partial charge on any atom is -0.461 e. The fourth-order valence-electron chi connectivity index (χ4n) is 3.31. The number of fused-ring (bicyclic) bond motifs is 1. The first-order valence-electron chi connectivity index (χ1n) is 9.87. The van der Waals surface area contributed by atoms with Gasteiger partial charge in [-0.3, -0.25) is 4.79 Å². The smallest absolute Gasteiger partial charge is 0.359 e. The highest BCUT2D eigenvalue weighted by molar-refractivity contribution is 8.01. The number of thioether (sulfide) groups is 1. The van der Waals surface area contributed by atoms with Gasteiger partial charge >= 0.3 is 5.97 Å². The number of nitrogens with two attached hydrogens (primary N) is 1. The number of nitrogens with zero attached hydrogens (tertiary/aromatic N) is 4. The fraction of sp³-hybridized carbons (Fsp3) is 0.421. The summed E-state index contributed by atoms with van der Waals surface area (Å²) in [5.74, 6) is -0.555. The van der Waals surface area contributed by atoms with E-state index in [4.69, 9.17) is 15.2 Å². The number of anilines is 2. The van der Waals surface area contributed by atoms with Gasteiger partial charge < -0.3 is 20.5 Å². The lowest BCUT2D eigenvalue weighted by atomic mass is 10.1. The summed E-state index contributed by atoms with van der Waals surface area (Å²) in [5.41, 5.74) is 7.08. The molecule has 12 heteroatoms. The molecule has 3 aromatic rings. The van der Waals surface area contributed by atoms with Crippen LogP contribution in [-0.4, -0.2) is 50.8 Å². The lowest BCUT2D eigenvalue weighted by Crippen LogP contribution is -2.19. The molecule has 31 heavy (non-hydrogen) atoms. The summed E-state index contributed by atoms with van der Waals surface area (Å²) < 4.78 is 13.4. The monoisotopic (exact) mass is 462 g/mol. The lowest BCUT2D eigenvalue weighted by molar-refractivity contribution is -0.113. The minimum atomic E-state index is -0.505. The van der Waals surface area contributed by atoms with Crippen molar-refractivity contribution in [2.24, 2.45) is 0 Å². The second-order valence-corrected chi connectivity index (χ2v) is 9.04. The van der Waals surface area contributed by atoms with Crippen LogP contribution in [0.3, 0.4) is 0 Å². The molecule has 1 atom stereocenters. The Balaban J connectivity index is 1.56. The maximum absolute atomic E-state index is 12.5. The highest BCUT2D eigenvalue weighted by Crippen LogP contribution is 2.30. The number of rotatable bonds is 7. The first kappa shape index (κ1) is 21.5. The molecule has 1 amide bonds. The van der Waals surface area contributed by atoms with Crippen LogP contribution in [0.2, 0.25) is 0 Å². The molecule has 0 radical (unpaired) electrons. The third kappa shape index (κ3) is 4.97. The molecule has 1 fully saturated rings. The average molecular weight is 463 g/mol. The average Bonchev–Trinajstić information content (AvgIpc) is 3.36. The predicted octanol–water partition coefficient (Wildman–Crippen LogP) is 3.08. The van der Waals surface area contributed by atoms with E-state index in [2.05, 4.69) is 20.6 Å². The highest BCUT2D eigenvalue weighted by atomic mass is 32.2. The van der Waals surface area contributed by atoms with E-state index in [0.29, 0.717) is 27.2 Å². The molecule has 10 nitrogen and oxygen atoms in total. The zero-order valence-corrected chi connectivity index (χ0v) is 18.5. The molecule has 1 aliphatic rings. The SMILES string of the molecule is CCOC(=O)c1nn(C2CCCCO2)c2ccc(NC(=O)CSc3nnc(N)s3)cc12. The number of ether oxygens (including phenoxy) is 2. The van der Waals surface area contributed by atoms with Crippen molar-refractivity contribution in [2.45, 2.75) is 36.8 Å². The standard InChI is InChI=1S/C19H22N6O4S2/c1-2-28-17(27)16-12-9-11(21-14(26)10-30-19-23-22-18(20)31-19)6-7-13(12)25(24-16)15-5-3-4-8-29-15/h6-7,9,15H,2-5,8,10H2,1H3,(H2,20,22)(H,21,26). The normalized spacial score (nSPS) is 16.4. The summed E-state index contributed by atoms with van der Waals surface area (Å²) in [4.78, 5) is 24.9. The van der Waals surface area contributed by atoms with E-state index in [9.17, 15) is 9.59 Å². The Morgan fingerprint density at radius 1 is 1.39 bits per heavy atom. The van der Waals surface area contributed by atoms with Gasteiger partial charge in [0.25, 0.3) is 0 Å². The van der Waals surface area contributed by atoms with Gasteiger partial charge in [-0.25, -0.2) is 9.48 Å². The van der Waals surface area contributed by atoms with E-state index in [1.807, 2.05) is 6.07 Å². The highest BCUT2D eigenvalue weighted by Gasteiger charge is 2.25. The van der Waals surface area contributed by atoms with Crippen molar-refractivity contribution >= 4 is 56.7 Å². The second-order valence-electron chi connectivity index (χ2n) is 6.81. The van der Waals surface area contributed by atoms with Crippen LogP contribution in [0.5, 0.6) is 0 Å². The predicted molar refractivity (Wildman–Crippen MR) is 118 cm³/mol. The van der Waals surface area contributed by atoms with Crippen molar-refractivity contribution in [3.8, 4) is 0 Å². The van der Waals surface area contributed by atoms with Crippen LogP contribution in [-0.2, 0) is 14.3 Å². The van der Waals surface area contributed by atoms with E-state index in [0.717, 1.165) is 24.8 Å². The third-order valence-electron chi connectivity index (χ3n) is 4.64. The maximum Gasteiger partial charge on any atom is 0.359 e. The van der Waals surface area contributed by atoms with Gasteiger partial charge in [-0.15, -0.1) is 10.2 Å². The van der Waals surface area contributed by atoms with Gasteiger partial charge in [-0.05, 0) is 44.4 Å². The molecule has 0 bridgehead atoms. The molecule has 1 aliphatic heterocycles. The molecular formula is C19H22N6O4S2. The number of aromatic nitrogens is 4. The van der Waals surface area contributed by atoms with Crippen molar-refractivity contribution in [1.82, 2.24) is 20.0 Å². The summed E-state index contributed by atoms with van der Waals surface area (Å²) in [6.45, 7) is 2.65. The second kappa shape index (κ2) is 9.62. The van der Waals surface area contributed by atoms with Crippen molar-refractivity contribution in [2.75, 3.05) is 30.0 Å². The van der Waals surface area contributed by atoms with E-state index in [1.165, 1.54) is 23.1 Å². The number of carbonyl (C=O) groups excluding carboxylic acids is 2. The Labute approximate surface area is 186 Å². The molecule has 1 unspecified atom stereocenters. The molecule has 3 N–H and O–H groups in total. The quantitative estimate of drug-likeness (QED) is 0.401. The van der Waals surface area contributed by atoms with Gasteiger partial charge in [-0.1, -0.05) is 23.1 Å². The Hall–Kier alpha value is -2.70. The summed E-state index contributed by atoms with van der Waals surface area (Å²) in [5, 5.41) is 15.9. The van der Waals surface area contributed by atoms with Crippen LogP contribution in [0, 0.1) is 0 Å². The number of carbonyl (C=O) groups is 2. The minimum absolute atomic E-state index is 0.159. The molecule has 0 spiro atoms. The van der Waals surface area contributed by atoms with Crippen LogP contribution in [0.15, 0.2) is 22.5 Å². The number of esters is 1. The molecule has 1 saturated heterocycles. The van der Waals surface area contributed by atoms with Crippen LogP contribution >= 0.6 is 23.1 Å². The van der Waals surface area contributed by atoms with Crippen LogP contribution < -0.4 is 11.1 Å². The largest absolute Gasteiger partial charge is 0.461 e. The van der Waals surface area contributed by atoms with E-state index >= 15 is 0 Å². The third-order valence-corrected chi connectivity index (χ3v) is 6.52. The zero-order valence-electron chi connectivity index (χ0n) is 16.9. The summed E-state index contributed by atoms with van der Waals surface area (Å²) in [6, 6.07) is 5.35. The number of hydrogen-bond acceptors (Lipinski definition) is 10. The topological polar surface area (TPSA) is 134 Å². The number of nitrogen functional groups attached to an aromatic ring is 1. The van der Waals surface area contributed by atoms with Gasteiger partial charge in [0.05, 0.1) is 17.9 Å². The zero-order chi connectivity index (χ0) is 21.8. The molecule has 1 aromatic carbocycles. The Morgan fingerprint density at radius 2 is 2.26 bits per heavy atom. The molecule has 0 saturated carbocycles. The van der Waals surface area contributed by atoms with E-state index in [-0.39, 0.29) is 30.2 Å². The first-order chi connectivity index (χ1) is 15.0. The van der Waals surface area contributed by atoms with Gasteiger partial charge in [0, 0.05) is 17.7 Å². The van der Waals surface area contributed by atoms with Crippen molar-refractivity contribution in [3.63, 3.8) is 0 Å². The van der Waals surface area contributed by atoms with Crippen LogP contribution in [0.4, 0.5) is 10.8 Å². The van der Waals surface area contributed by atoms with Crippen molar-refractivity contribution in [3.05, 3.63) is 23.9 Å². The van der Waals surface area contributed by atoms with Crippen molar-refractivity contribution in [1.29, 1.82) is 0 Å². The van der Waals surface area contributed by atoms with Gasteiger partial charge in [-0.2, -0.15) is 5.10 Å². The van der Waals surface area contributed by atoms with Crippen molar-refractivity contribution < 1.29 is 19.1 Å². The van der Waals surface area contributed by atoms with Gasteiger partial charge in [0.15, 0.2) is 16.3 Å². The maximum atomic E-state index is 12.5. The van der Waals surface area contributed by atoms with Gasteiger partial charge in [0.1, 0.15) is 0 Å². The Morgan fingerprint density at radius 3 is 2.97 bits per heavy atom. The van der Waals surface area contributed by atoms with Crippen LogP contribution in [0.1, 0.15) is 42.9 Å². The Kier molecular flexibility index (Phi) is 6.68. The molecular weight excluding hydrogens is 440 g/mol. The number of hydrogen-bond donors (Lipinski definition) is 2. The van der Waals surface area contributed by atoms with Crippen LogP contribution in [0.25, 0.3) is 10.9 Å². The van der Waals surface area contributed by atoms with Gasteiger partial charge in [0.2, 0.25) is 11.0 Å². The summed E-state index contributed by atoms with van der Waals surface area (Å²) in [7, 11) is 0. The Bertz CT molecular complexity index is 1090. The first-order valence-corrected chi connectivity index (χ1v) is 11.7. The molecule has 0 aliphatic carbocycles. The molecule has 3 heterocycles. The molecule has 2 aromatic heterocycles. The molecule has 164 valence electrons. The summed E-state index contributed by atoms with van der Waals surface area (Å²) in [6.07, 6.45) is 2.64. The number of amides is 1. The van der Waals surface area contributed by atoms with E-state index in [1.54, 1.807) is 23.7 Å². The summed E-state index contributed by atoms with van der Waals surface area (Å²) >= 11 is 2.48. The number of benzene rings is 1.